The molecular weight excluding hydrogens is 335 g/mol. The third kappa shape index (κ3) is 6.90. The van der Waals surface area contributed by atoms with Crippen LogP contribution in [0, 0.1) is 11.8 Å². The third-order valence-electron chi connectivity index (χ3n) is 5.41. The minimum atomic E-state index is -2.84. The van der Waals surface area contributed by atoms with E-state index >= 15 is 0 Å². The van der Waals surface area contributed by atoms with Crippen molar-refractivity contribution in [3.63, 3.8) is 0 Å². The molecule has 1 unspecified atom stereocenters. The molecule has 0 radical (unpaired) electrons. The Morgan fingerprint density at radius 2 is 1.64 bits per heavy atom. The molecule has 0 saturated heterocycles. The predicted molar refractivity (Wildman–Crippen MR) is 102 cm³/mol. The second-order valence-electron chi connectivity index (χ2n) is 7.53. The maximum absolute atomic E-state index is 13.5. The van der Waals surface area contributed by atoms with E-state index in [1.54, 1.807) is 0 Å². The van der Waals surface area contributed by atoms with Gasteiger partial charge in [0.15, 0.2) is 0 Å². The summed E-state index contributed by atoms with van der Waals surface area (Å²) < 4.78 is 24.5. The molecule has 2 fully saturated rings. The Hall–Kier alpha value is -0.600. The van der Waals surface area contributed by atoms with Gasteiger partial charge in [0.1, 0.15) is 0 Å². The molecule has 1 atom stereocenters. The van der Waals surface area contributed by atoms with Gasteiger partial charge in [-0.25, -0.2) is 4.79 Å². The van der Waals surface area contributed by atoms with Crippen molar-refractivity contribution in [3.8, 4) is 0 Å². The molecule has 4 nitrogen and oxygen atoms in total. The molecule has 25 heavy (non-hydrogen) atoms. The van der Waals surface area contributed by atoms with Crippen molar-refractivity contribution < 1.29 is 18.6 Å². The van der Waals surface area contributed by atoms with Gasteiger partial charge in [0.05, 0.1) is 19.4 Å². The quantitative estimate of drug-likeness (QED) is 0.303. The molecule has 2 saturated carbocycles. The number of rotatable bonds is 9. The van der Waals surface area contributed by atoms with E-state index in [0.29, 0.717) is 36.8 Å². The fraction of sp³-hybridized carbons (Fsp3) is 0.850. The first kappa shape index (κ1) is 20.7. The Kier molecular flexibility index (Phi) is 8.72. The van der Waals surface area contributed by atoms with E-state index in [1.165, 1.54) is 32.1 Å². The normalized spacial score (nSPS) is 22.7. The zero-order valence-electron chi connectivity index (χ0n) is 16.0. The zero-order valence-corrected chi connectivity index (χ0v) is 16.9. The Morgan fingerprint density at radius 1 is 1.00 bits per heavy atom. The SMILES string of the molecule is CCOC(=O)C(=CC1CCCCC1)CP(=O)(CC1CCCC1)OCC. The van der Waals surface area contributed by atoms with Crippen molar-refractivity contribution in [1.29, 1.82) is 0 Å². The van der Waals surface area contributed by atoms with Gasteiger partial charge >= 0.3 is 5.97 Å². The van der Waals surface area contributed by atoms with Gasteiger partial charge in [-0.2, -0.15) is 0 Å². The van der Waals surface area contributed by atoms with Crippen molar-refractivity contribution in [2.75, 3.05) is 25.5 Å². The Bertz CT molecular complexity index is 488. The van der Waals surface area contributed by atoms with Crippen LogP contribution in [0.15, 0.2) is 11.6 Å². The first-order valence-corrected chi connectivity index (χ1v) is 12.2. The average Bonchev–Trinajstić information content (AvgIpc) is 3.08. The molecule has 0 aromatic heterocycles. The monoisotopic (exact) mass is 370 g/mol. The molecular formula is C20H35O4P. The van der Waals surface area contributed by atoms with Crippen LogP contribution in [0.1, 0.15) is 71.6 Å². The van der Waals surface area contributed by atoms with Crippen LogP contribution in [0.25, 0.3) is 0 Å². The van der Waals surface area contributed by atoms with Crippen LogP contribution in [0.4, 0.5) is 0 Å². The van der Waals surface area contributed by atoms with Gasteiger partial charge in [0.2, 0.25) is 7.37 Å². The number of ether oxygens (including phenoxy) is 1. The molecule has 0 amide bonds. The van der Waals surface area contributed by atoms with Crippen molar-refractivity contribution >= 4 is 13.3 Å². The first-order chi connectivity index (χ1) is 12.1. The fourth-order valence-corrected chi connectivity index (χ4v) is 6.94. The van der Waals surface area contributed by atoms with Crippen LogP contribution in [0.5, 0.6) is 0 Å². The van der Waals surface area contributed by atoms with Crippen LogP contribution >= 0.6 is 7.37 Å². The molecule has 2 rings (SSSR count). The van der Waals surface area contributed by atoms with E-state index in [0.717, 1.165) is 25.7 Å². The van der Waals surface area contributed by atoms with Crippen LogP contribution < -0.4 is 0 Å². The van der Waals surface area contributed by atoms with E-state index in [1.807, 2.05) is 13.8 Å². The second-order valence-corrected chi connectivity index (χ2v) is 10.1. The van der Waals surface area contributed by atoms with E-state index in [-0.39, 0.29) is 12.1 Å². The van der Waals surface area contributed by atoms with E-state index < -0.39 is 7.37 Å². The Morgan fingerprint density at radius 3 is 2.24 bits per heavy atom. The maximum Gasteiger partial charge on any atom is 0.334 e. The molecule has 0 spiro atoms. The summed E-state index contributed by atoms with van der Waals surface area (Å²) in [5.41, 5.74) is 0.587. The Labute approximate surface area is 153 Å². The summed E-state index contributed by atoms with van der Waals surface area (Å²) >= 11 is 0. The standard InChI is InChI=1S/C20H35O4P/c1-3-23-20(21)19(14-17-10-6-5-7-11-17)16-25(22,24-4-2)15-18-12-8-9-13-18/h14,17-18H,3-13,15-16H2,1-2H3. The number of carbonyl (C=O) groups is 1. The third-order valence-corrected chi connectivity index (χ3v) is 8.04. The summed E-state index contributed by atoms with van der Waals surface area (Å²) in [6.07, 6.45) is 13.6. The van der Waals surface area contributed by atoms with Crippen LogP contribution in [0.3, 0.4) is 0 Å². The molecule has 5 heteroatoms. The summed E-state index contributed by atoms with van der Waals surface area (Å²) in [6, 6.07) is 0. The highest BCUT2D eigenvalue weighted by Crippen LogP contribution is 2.52. The number of hydrogen-bond acceptors (Lipinski definition) is 4. The molecule has 2 aliphatic rings. The number of hydrogen-bond donors (Lipinski definition) is 0. The van der Waals surface area contributed by atoms with Crippen molar-refractivity contribution in [2.24, 2.45) is 11.8 Å². The summed E-state index contributed by atoms with van der Waals surface area (Å²) in [4.78, 5) is 12.5. The average molecular weight is 370 g/mol. The van der Waals surface area contributed by atoms with E-state index in [2.05, 4.69) is 6.08 Å². The molecule has 0 aliphatic heterocycles. The van der Waals surface area contributed by atoms with Crippen molar-refractivity contribution in [1.82, 2.24) is 0 Å². The summed E-state index contributed by atoms with van der Waals surface area (Å²) in [7, 11) is -2.84. The van der Waals surface area contributed by atoms with Gasteiger partial charge in [-0.1, -0.05) is 38.2 Å². The van der Waals surface area contributed by atoms with Crippen LogP contribution in [0.2, 0.25) is 0 Å². The largest absolute Gasteiger partial charge is 0.463 e. The van der Waals surface area contributed by atoms with Crippen LogP contribution in [-0.4, -0.2) is 31.5 Å². The van der Waals surface area contributed by atoms with Crippen molar-refractivity contribution in [2.45, 2.75) is 71.6 Å². The molecule has 0 aromatic carbocycles. The number of carbonyl (C=O) groups excluding carboxylic acids is 1. The molecule has 2 aliphatic carbocycles. The smallest absolute Gasteiger partial charge is 0.334 e. The molecule has 144 valence electrons. The highest BCUT2D eigenvalue weighted by Gasteiger charge is 2.32. The lowest BCUT2D eigenvalue weighted by Gasteiger charge is -2.24. The van der Waals surface area contributed by atoms with Gasteiger partial charge in [0, 0.05) is 11.7 Å². The fourth-order valence-electron chi connectivity index (χ4n) is 4.24. The second kappa shape index (κ2) is 10.5. The number of esters is 1. The zero-order chi connectivity index (χ0) is 18.1. The topological polar surface area (TPSA) is 52.6 Å². The molecule has 0 N–H and O–H groups in total. The lowest BCUT2D eigenvalue weighted by Crippen LogP contribution is -2.17. The summed E-state index contributed by atoms with van der Waals surface area (Å²) in [5, 5.41) is 0. The van der Waals surface area contributed by atoms with E-state index in [4.69, 9.17) is 9.26 Å². The van der Waals surface area contributed by atoms with Gasteiger partial charge in [-0.15, -0.1) is 0 Å². The maximum atomic E-state index is 13.5. The lowest BCUT2D eigenvalue weighted by molar-refractivity contribution is -0.138. The first-order valence-electron chi connectivity index (χ1n) is 10.2. The lowest BCUT2D eigenvalue weighted by atomic mass is 9.88. The highest BCUT2D eigenvalue weighted by molar-refractivity contribution is 7.59. The molecule has 0 aromatic rings. The summed E-state index contributed by atoms with van der Waals surface area (Å²) in [6.45, 7) is 4.49. The minimum Gasteiger partial charge on any atom is -0.463 e. The van der Waals surface area contributed by atoms with Gasteiger partial charge in [-0.3, -0.25) is 4.57 Å². The Balaban J connectivity index is 2.13. The van der Waals surface area contributed by atoms with E-state index in [9.17, 15) is 9.36 Å². The molecule has 0 heterocycles. The van der Waals surface area contributed by atoms with Crippen LogP contribution in [-0.2, 0) is 18.6 Å². The highest BCUT2D eigenvalue weighted by atomic mass is 31.2. The van der Waals surface area contributed by atoms with Gasteiger partial charge in [0.25, 0.3) is 0 Å². The number of allylic oxidation sites excluding steroid dienone is 1. The minimum absolute atomic E-state index is 0.243. The van der Waals surface area contributed by atoms with Gasteiger partial charge < -0.3 is 9.26 Å². The van der Waals surface area contributed by atoms with Gasteiger partial charge in [-0.05, 0) is 51.4 Å². The predicted octanol–water partition coefficient (Wildman–Crippen LogP) is 5.56. The molecule has 0 bridgehead atoms. The van der Waals surface area contributed by atoms with Crippen molar-refractivity contribution in [3.05, 3.63) is 11.6 Å². The summed E-state index contributed by atoms with van der Waals surface area (Å²) in [5.74, 6) is 0.588.